The van der Waals surface area contributed by atoms with Gasteiger partial charge in [0.05, 0.1) is 15.5 Å². The zero-order chi connectivity index (χ0) is 13.4. The number of hydrogen-bond acceptors (Lipinski definition) is 2. The summed E-state index contributed by atoms with van der Waals surface area (Å²) in [5.41, 5.74) is 0.839. The molecule has 0 amide bonds. The van der Waals surface area contributed by atoms with Gasteiger partial charge in [-0.3, -0.25) is 4.79 Å². The number of halogens is 3. The Kier molecular flexibility index (Phi) is 3.50. The first kappa shape index (κ1) is 13.2. The first-order valence-corrected chi connectivity index (χ1v) is 6.41. The van der Waals surface area contributed by atoms with E-state index >= 15 is 0 Å². The van der Waals surface area contributed by atoms with Crippen molar-refractivity contribution in [1.82, 2.24) is 0 Å². The molecule has 1 aromatic carbocycles. The predicted molar refractivity (Wildman–Crippen MR) is 68.6 cm³/mol. The van der Waals surface area contributed by atoms with Crippen molar-refractivity contribution in [2.75, 3.05) is 0 Å². The summed E-state index contributed by atoms with van der Waals surface area (Å²) in [6, 6.07) is 1.93. The van der Waals surface area contributed by atoms with Crippen LogP contribution < -0.4 is 0 Å². The molecular weight excluding hydrogens is 278 g/mol. The molecule has 2 aromatic rings. The van der Waals surface area contributed by atoms with Gasteiger partial charge in [0, 0.05) is 6.07 Å². The molecule has 1 nitrogen and oxygen atoms in total. The second-order valence-electron chi connectivity index (χ2n) is 3.97. The smallest absolute Gasteiger partial charge is 0.207 e. The van der Waals surface area contributed by atoms with Gasteiger partial charge >= 0.3 is 0 Å². The summed E-state index contributed by atoms with van der Waals surface area (Å²) in [4.78, 5) is 12.4. The van der Waals surface area contributed by atoms with Crippen molar-refractivity contribution in [3.8, 4) is 0 Å². The lowest BCUT2D eigenvalue weighted by Gasteiger charge is -2.04. The molecule has 1 aromatic heterocycles. The van der Waals surface area contributed by atoms with E-state index in [-0.39, 0.29) is 16.0 Å². The third kappa shape index (κ3) is 2.18. The molecule has 5 heteroatoms. The van der Waals surface area contributed by atoms with Crippen LogP contribution in [0, 0.1) is 25.5 Å². The molecule has 0 aliphatic carbocycles. The number of aryl methyl sites for hydroxylation is 2. The van der Waals surface area contributed by atoms with Crippen molar-refractivity contribution in [3.63, 3.8) is 0 Å². The van der Waals surface area contributed by atoms with E-state index in [0.717, 1.165) is 23.0 Å². The highest BCUT2D eigenvalue weighted by Gasteiger charge is 2.20. The van der Waals surface area contributed by atoms with Crippen LogP contribution in [0.2, 0.25) is 5.02 Å². The highest BCUT2D eigenvalue weighted by Crippen LogP contribution is 2.30. The van der Waals surface area contributed by atoms with Gasteiger partial charge in [0.1, 0.15) is 11.6 Å². The van der Waals surface area contributed by atoms with E-state index in [1.807, 2.05) is 0 Å². The summed E-state index contributed by atoms with van der Waals surface area (Å²) in [6.45, 7) is 3.24. The van der Waals surface area contributed by atoms with Gasteiger partial charge in [0.25, 0.3) is 0 Å². The maximum Gasteiger partial charge on any atom is 0.207 e. The van der Waals surface area contributed by atoms with Gasteiger partial charge in [-0.1, -0.05) is 11.6 Å². The van der Waals surface area contributed by atoms with Crippen molar-refractivity contribution in [3.05, 3.63) is 55.7 Å². The number of carbonyl (C=O) groups excluding carboxylic acids is 1. The fourth-order valence-corrected chi connectivity index (χ4v) is 2.77. The maximum atomic E-state index is 13.6. The first-order valence-electron chi connectivity index (χ1n) is 5.15. The molecule has 2 rings (SSSR count). The molecule has 0 saturated carbocycles. The summed E-state index contributed by atoms with van der Waals surface area (Å²) < 4.78 is 26.7. The molecular formula is C13H9ClF2OS. The van der Waals surface area contributed by atoms with Crippen molar-refractivity contribution in [1.29, 1.82) is 0 Å². The molecule has 0 radical (unpaired) electrons. The number of benzene rings is 1. The van der Waals surface area contributed by atoms with E-state index in [9.17, 15) is 13.6 Å². The van der Waals surface area contributed by atoms with Gasteiger partial charge in [-0.2, -0.15) is 0 Å². The van der Waals surface area contributed by atoms with E-state index < -0.39 is 17.4 Å². The lowest BCUT2D eigenvalue weighted by atomic mass is 10.1. The molecule has 0 N–H and O–H groups in total. The van der Waals surface area contributed by atoms with Crippen molar-refractivity contribution >= 4 is 28.7 Å². The number of hydrogen-bond donors (Lipinski definition) is 0. The number of rotatable bonds is 2. The minimum absolute atomic E-state index is 0.155. The Bertz CT molecular complexity index is 634. The van der Waals surface area contributed by atoms with E-state index in [1.54, 1.807) is 12.3 Å². The normalized spacial score (nSPS) is 10.7. The number of ketones is 1. The molecule has 1 heterocycles. The molecule has 0 fully saturated rings. The van der Waals surface area contributed by atoms with Gasteiger partial charge in [-0.25, -0.2) is 8.78 Å². The maximum absolute atomic E-state index is 13.6. The largest absolute Gasteiger partial charge is 0.288 e. The van der Waals surface area contributed by atoms with Crippen LogP contribution in [0.25, 0.3) is 0 Å². The topological polar surface area (TPSA) is 17.1 Å². The van der Waals surface area contributed by atoms with E-state index in [2.05, 4.69) is 0 Å². The van der Waals surface area contributed by atoms with Crippen LogP contribution in [-0.2, 0) is 0 Å². The Hall–Kier alpha value is -1.26. The highest BCUT2D eigenvalue weighted by atomic mass is 35.5. The summed E-state index contributed by atoms with van der Waals surface area (Å²) >= 11 is 7.13. The SMILES string of the molecule is Cc1cc(C(=O)c2scc(C)c2Cl)c(F)cc1F. The Balaban J connectivity index is 2.53. The van der Waals surface area contributed by atoms with Crippen LogP contribution >= 0.6 is 22.9 Å². The first-order chi connectivity index (χ1) is 8.41. The molecule has 18 heavy (non-hydrogen) atoms. The predicted octanol–water partition coefficient (Wildman–Crippen LogP) is 4.53. The Morgan fingerprint density at radius 3 is 2.39 bits per heavy atom. The van der Waals surface area contributed by atoms with Gasteiger partial charge in [0.2, 0.25) is 5.78 Å². The van der Waals surface area contributed by atoms with Crippen LogP contribution in [0.4, 0.5) is 8.78 Å². The average molecular weight is 287 g/mol. The molecule has 0 aliphatic rings. The zero-order valence-corrected chi connectivity index (χ0v) is 11.3. The fraction of sp³-hybridized carbons (Fsp3) is 0.154. The molecule has 0 atom stereocenters. The average Bonchev–Trinajstić information content (AvgIpc) is 2.64. The second-order valence-corrected chi connectivity index (χ2v) is 5.23. The second kappa shape index (κ2) is 4.78. The van der Waals surface area contributed by atoms with Crippen LogP contribution in [0.1, 0.15) is 26.4 Å². The van der Waals surface area contributed by atoms with Gasteiger partial charge < -0.3 is 0 Å². The van der Waals surface area contributed by atoms with Crippen LogP contribution in [0.3, 0.4) is 0 Å². The van der Waals surface area contributed by atoms with Gasteiger partial charge in [0.15, 0.2) is 0 Å². The quantitative estimate of drug-likeness (QED) is 0.742. The summed E-state index contributed by atoms with van der Waals surface area (Å²) in [7, 11) is 0. The van der Waals surface area contributed by atoms with Crippen LogP contribution in [0.5, 0.6) is 0 Å². The van der Waals surface area contributed by atoms with Crippen LogP contribution in [0.15, 0.2) is 17.5 Å². The lowest BCUT2D eigenvalue weighted by molar-refractivity contribution is 0.103. The molecule has 0 unspecified atom stereocenters. The summed E-state index contributed by atoms with van der Waals surface area (Å²) in [6.07, 6.45) is 0. The van der Waals surface area contributed by atoms with E-state index in [4.69, 9.17) is 11.6 Å². The zero-order valence-electron chi connectivity index (χ0n) is 9.68. The third-order valence-corrected chi connectivity index (χ3v) is 4.29. The highest BCUT2D eigenvalue weighted by molar-refractivity contribution is 7.13. The summed E-state index contributed by atoms with van der Waals surface area (Å²) in [5.74, 6) is -2.05. The van der Waals surface area contributed by atoms with E-state index in [0.29, 0.717) is 5.02 Å². The Labute approximate surface area is 112 Å². The van der Waals surface area contributed by atoms with Gasteiger partial charge in [-0.05, 0) is 36.4 Å². The van der Waals surface area contributed by atoms with E-state index in [1.165, 1.54) is 13.0 Å². The number of carbonyl (C=O) groups is 1. The Morgan fingerprint density at radius 2 is 1.83 bits per heavy atom. The molecule has 0 spiro atoms. The minimum atomic E-state index is -0.870. The standard InChI is InChI=1S/C13H9ClF2OS/c1-6-3-8(10(16)4-9(6)15)12(17)13-11(14)7(2)5-18-13/h3-5H,1-2H3. The monoisotopic (exact) mass is 286 g/mol. The van der Waals surface area contributed by atoms with Crippen LogP contribution in [-0.4, -0.2) is 5.78 Å². The number of thiophene rings is 1. The fourth-order valence-electron chi connectivity index (χ4n) is 1.54. The lowest BCUT2D eigenvalue weighted by Crippen LogP contribution is -2.04. The van der Waals surface area contributed by atoms with Gasteiger partial charge in [-0.15, -0.1) is 11.3 Å². The molecule has 0 saturated heterocycles. The van der Waals surface area contributed by atoms with Crippen molar-refractivity contribution in [2.24, 2.45) is 0 Å². The summed E-state index contributed by atoms with van der Waals surface area (Å²) in [5, 5.41) is 2.05. The molecule has 0 aliphatic heterocycles. The molecule has 94 valence electrons. The van der Waals surface area contributed by atoms with Crippen molar-refractivity contribution in [2.45, 2.75) is 13.8 Å². The third-order valence-electron chi connectivity index (χ3n) is 2.60. The van der Waals surface area contributed by atoms with Crippen molar-refractivity contribution < 1.29 is 13.6 Å². The minimum Gasteiger partial charge on any atom is -0.288 e. The molecule has 0 bridgehead atoms. The Morgan fingerprint density at radius 1 is 1.17 bits per heavy atom.